The summed E-state index contributed by atoms with van der Waals surface area (Å²) in [7, 11) is -3.18. The van der Waals surface area contributed by atoms with Gasteiger partial charge in [0, 0.05) is 31.7 Å². The lowest BCUT2D eigenvalue weighted by atomic mass is 9.89. The molecule has 1 aromatic heterocycles. The Morgan fingerprint density at radius 2 is 1.88 bits per heavy atom. The molecule has 0 unspecified atom stereocenters. The Balaban J connectivity index is 1.53. The van der Waals surface area contributed by atoms with Crippen LogP contribution in [0.15, 0.2) is 30.3 Å². The SMILES string of the molecule is CCS(=O)(=O)N1C[C@H]2Cc3nnc(C(=O)Nc4ccccc4)n3C[C@H]2C1. The second-order valence-corrected chi connectivity index (χ2v) is 9.07. The highest BCUT2D eigenvalue weighted by Gasteiger charge is 2.42. The van der Waals surface area contributed by atoms with Crippen LogP contribution < -0.4 is 5.32 Å². The molecular weight excluding hydrogens is 354 g/mol. The van der Waals surface area contributed by atoms with Crippen LogP contribution in [0.5, 0.6) is 0 Å². The van der Waals surface area contributed by atoms with Gasteiger partial charge < -0.3 is 9.88 Å². The van der Waals surface area contributed by atoms with Crippen LogP contribution in [0.3, 0.4) is 0 Å². The summed E-state index contributed by atoms with van der Waals surface area (Å²) < 4.78 is 27.7. The van der Waals surface area contributed by atoms with Crippen LogP contribution in [0.2, 0.25) is 0 Å². The van der Waals surface area contributed by atoms with E-state index in [0.29, 0.717) is 31.7 Å². The van der Waals surface area contributed by atoms with Gasteiger partial charge in [0.05, 0.1) is 5.75 Å². The van der Waals surface area contributed by atoms with Crippen LogP contribution in [-0.4, -0.2) is 52.2 Å². The summed E-state index contributed by atoms with van der Waals surface area (Å²) in [5.74, 6) is 1.26. The minimum atomic E-state index is -3.18. The molecular formula is C17H21N5O3S. The Kier molecular flexibility index (Phi) is 4.28. The second-order valence-electron chi connectivity index (χ2n) is 6.81. The summed E-state index contributed by atoms with van der Waals surface area (Å²) in [4.78, 5) is 12.6. The van der Waals surface area contributed by atoms with E-state index in [1.165, 1.54) is 0 Å². The van der Waals surface area contributed by atoms with E-state index in [-0.39, 0.29) is 29.3 Å². The monoisotopic (exact) mass is 375 g/mol. The largest absolute Gasteiger partial charge is 0.319 e. The van der Waals surface area contributed by atoms with Crippen molar-refractivity contribution >= 4 is 21.6 Å². The normalized spacial score (nSPS) is 22.7. The van der Waals surface area contributed by atoms with Gasteiger partial charge in [-0.05, 0) is 30.9 Å². The number of nitrogens with zero attached hydrogens (tertiary/aromatic N) is 4. The fourth-order valence-electron chi connectivity index (χ4n) is 3.77. The maximum absolute atomic E-state index is 12.6. The Bertz CT molecular complexity index is 925. The van der Waals surface area contributed by atoms with Crippen LogP contribution in [-0.2, 0) is 23.0 Å². The van der Waals surface area contributed by atoms with E-state index >= 15 is 0 Å². The molecule has 138 valence electrons. The zero-order valence-corrected chi connectivity index (χ0v) is 15.3. The number of sulfonamides is 1. The van der Waals surface area contributed by atoms with Crippen molar-refractivity contribution in [2.75, 3.05) is 24.2 Å². The van der Waals surface area contributed by atoms with Gasteiger partial charge in [0.25, 0.3) is 5.91 Å². The summed E-state index contributed by atoms with van der Waals surface area (Å²) in [6.45, 7) is 3.26. The molecule has 8 nitrogen and oxygen atoms in total. The number of hydrogen-bond acceptors (Lipinski definition) is 5. The fourth-order valence-corrected chi connectivity index (χ4v) is 4.97. The molecule has 26 heavy (non-hydrogen) atoms. The average Bonchev–Trinajstić information content (AvgIpc) is 3.24. The van der Waals surface area contributed by atoms with E-state index in [1.54, 1.807) is 11.2 Å². The number of fused-ring (bicyclic) bond motifs is 2. The number of hydrogen-bond donors (Lipinski definition) is 1. The number of benzene rings is 1. The number of anilines is 1. The topological polar surface area (TPSA) is 97.2 Å². The maximum atomic E-state index is 12.6. The number of rotatable bonds is 4. The minimum Gasteiger partial charge on any atom is -0.319 e. The van der Waals surface area contributed by atoms with Gasteiger partial charge in [-0.2, -0.15) is 0 Å². The molecule has 0 saturated carbocycles. The highest BCUT2D eigenvalue weighted by atomic mass is 32.2. The van der Waals surface area contributed by atoms with Crippen LogP contribution >= 0.6 is 0 Å². The number of para-hydroxylation sites is 1. The van der Waals surface area contributed by atoms with E-state index < -0.39 is 10.0 Å². The molecule has 2 aliphatic rings. The summed E-state index contributed by atoms with van der Waals surface area (Å²) in [6.07, 6.45) is 0.645. The van der Waals surface area contributed by atoms with Gasteiger partial charge in [-0.25, -0.2) is 12.7 Å². The molecule has 3 heterocycles. The van der Waals surface area contributed by atoms with Crippen molar-refractivity contribution in [1.29, 1.82) is 0 Å². The van der Waals surface area contributed by atoms with Crippen molar-refractivity contribution in [3.63, 3.8) is 0 Å². The van der Waals surface area contributed by atoms with E-state index in [2.05, 4.69) is 15.5 Å². The predicted octanol–water partition coefficient (Wildman–Crippen LogP) is 0.984. The minimum absolute atomic E-state index is 0.114. The molecule has 0 spiro atoms. The van der Waals surface area contributed by atoms with Gasteiger partial charge in [0.2, 0.25) is 15.8 Å². The molecule has 1 saturated heterocycles. The highest BCUT2D eigenvalue weighted by molar-refractivity contribution is 7.89. The first-order valence-electron chi connectivity index (χ1n) is 8.74. The van der Waals surface area contributed by atoms with Crippen LogP contribution in [0.4, 0.5) is 5.69 Å². The molecule has 0 aliphatic carbocycles. The van der Waals surface area contributed by atoms with Gasteiger partial charge in [0.1, 0.15) is 5.82 Å². The summed E-state index contributed by atoms with van der Waals surface area (Å²) in [6, 6.07) is 9.20. The van der Waals surface area contributed by atoms with Gasteiger partial charge in [-0.1, -0.05) is 18.2 Å². The van der Waals surface area contributed by atoms with Gasteiger partial charge in [-0.3, -0.25) is 4.79 Å². The number of amides is 1. The molecule has 0 radical (unpaired) electrons. The zero-order valence-electron chi connectivity index (χ0n) is 14.5. The number of nitrogens with one attached hydrogen (secondary N) is 1. The first kappa shape index (κ1) is 17.2. The molecule has 1 aromatic carbocycles. The number of aromatic nitrogens is 3. The molecule has 1 fully saturated rings. The molecule has 4 rings (SSSR count). The zero-order chi connectivity index (χ0) is 18.3. The van der Waals surface area contributed by atoms with Crippen molar-refractivity contribution in [1.82, 2.24) is 19.1 Å². The Hall–Kier alpha value is -2.26. The van der Waals surface area contributed by atoms with Crippen LogP contribution in [0.1, 0.15) is 23.4 Å². The quantitative estimate of drug-likeness (QED) is 0.859. The Morgan fingerprint density at radius 3 is 2.62 bits per heavy atom. The van der Waals surface area contributed by atoms with Crippen LogP contribution in [0, 0.1) is 11.8 Å². The number of carbonyl (C=O) groups is 1. The van der Waals surface area contributed by atoms with E-state index in [1.807, 2.05) is 34.9 Å². The van der Waals surface area contributed by atoms with Crippen molar-refractivity contribution in [3.05, 3.63) is 42.0 Å². The Morgan fingerprint density at radius 1 is 1.15 bits per heavy atom. The molecule has 1 N–H and O–H groups in total. The van der Waals surface area contributed by atoms with E-state index in [4.69, 9.17) is 0 Å². The fraction of sp³-hybridized carbons (Fsp3) is 0.471. The molecule has 1 amide bonds. The molecule has 0 bridgehead atoms. The predicted molar refractivity (Wildman–Crippen MR) is 96.1 cm³/mol. The second kappa shape index (κ2) is 6.48. The van der Waals surface area contributed by atoms with Gasteiger partial charge >= 0.3 is 0 Å². The van der Waals surface area contributed by atoms with E-state index in [9.17, 15) is 13.2 Å². The lowest BCUT2D eigenvalue weighted by Crippen LogP contribution is -2.31. The molecule has 9 heteroatoms. The third-order valence-electron chi connectivity index (χ3n) is 5.23. The smallest absolute Gasteiger partial charge is 0.293 e. The highest BCUT2D eigenvalue weighted by Crippen LogP contribution is 2.34. The summed E-state index contributed by atoms with van der Waals surface area (Å²) >= 11 is 0. The Labute approximate surface area is 152 Å². The molecule has 2 aliphatic heterocycles. The molecule has 2 aromatic rings. The van der Waals surface area contributed by atoms with Crippen molar-refractivity contribution in [3.8, 4) is 0 Å². The summed E-state index contributed by atoms with van der Waals surface area (Å²) in [5.41, 5.74) is 0.699. The third kappa shape index (κ3) is 3.01. The van der Waals surface area contributed by atoms with Crippen molar-refractivity contribution < 1.29 is 13.2 Å². The van der Waals surface area contributed by atoms with Gasteiger partial charge in [-0.15, -0.1) is 10.2 Å². The van der Waals surface area contributed by atoms with Gasteiger partial charge in [0.15, 0.2) is 0 Å². The first-order chi connectivity index (χ1) is 12.5. The lowest BCUT2D eigenvalue weighted by molar-refractivity contribution is 0.100. The van der Waals surface area contributed by atoms with Crippen molar-refractivity contribution in [2.24, 2.45) is 11.8 Å². The lowest BCUT2D eigenvalue weighted by Gasteiger charge is -2.25. The summed E-state index contributed by atoms with van der Waals surface area (Å²) in [5, 5.41) is 11.1. The van der Waals surface area contributed by atoms with E-state index in [0.717, 1.165) is 5.82 Å². The van der Waals surface area contributed by atoms with Crippen LogP contribution in [0.25, 0.3) is 0 Å². The standard InChI is InChI=1S/C17H21N5O3S/c1-2-26(24,25)21-9-12-8-15-19-20-16(22(15)11-13(12)10-21)17(23)18-14-6-4-3-5-7-14/h3-7,12-13H,2,8-11H2,1H3,(H,18,23)/t12-,13-/m1/s1. The maximum Gasteiger partial charge on any atom is 0.293 e. The third-order valence-corrected chi connectivity index (χ3v) is 7.04. The first-order valence-corrected chi connectivity index (χ1v) is 10.3. The average molecular weight is 375 g/mol. The molecule has 2 atom stereocenters. The number of carbonyl (C=O) groups excluding carboxylic acids is 1. The van der Waals surface area contributed by atoms with Crippen molar-refractivity contribution in [2.45, 2.75) is 19.9 Å².